The van der Waals surface area contributed by atoms with Crippen LogP contribution in [0.1, 0.15) is 6.92 Å². The summed E-state index contributed by atoms with van der Waals surface area (Å²) < 4.78 is 1.73. The first-order valence-corrected chi connectivity index (χ1v) is 7.70. The summed E-state index contributed by atoms with van der Waals surface area (Å²) in [6.07, 6.45) is 0. The molecule has 0 unspecified atom stereocenters. The van der Waals surface area contributed by atoms with Gasteiger partial charge in [0.1, 0.15) is 11.6 Å². The van der Waals surface area contributed by atoms with Gasteiger partial charge in [0, 0.05) is 15.5 Å². The maximum absolute atomic E-state index is 11.0. The fourth-order valence-corrected chi connectivity index (χ4v) is 2.40. The summed E-state index contributed by atoms with van der Waals surface area (Å²) >= 11 is 6.81. The minimum Gasteiger partial charge on any atom is -0.370 e. The highest BCUT2D eigenvalue weighted by Gasteiger charge is 2.12. The predicted molar refractivity (Wildman–Crippen MR) is 90.2 cm³/mol. The number of hydrogen-bond acceptors (Lipinski definition) is 5. The van der Waals surface area contributed by atoms with E-state index >= 15 is 0 Å². The number of hydrogen-bond donors (Lipinski definition) is 2. The molecule has 0 amide bonds. The molecule has 0 aliphatic carbocycles. The molecule has 0 spiro atoms. The average molecular weight is 416 g/mol. The minimum atomic E-state index is -0.441. The van der Waals surface area contributed by atoms with Gasteiger partial charge in [-0.2, -0.15) is 0 Å². The zero-order valence-corrected chi connectivity index (χ0v) is 14.2. The van der Waals surface area contributed by atoms with Gasteiger partial charge in [0.25, 0.3) is 5.69 Å². The van der Waals surface area contributed by atoms with Crippen LogP contribution in [0.2, 0.25) is 0 Å². The van der Waals surface area contributed by atoms with Crippen LogP contribution < -0.4 is 10.6 Å². The molecule has 1 aromatic carbocycles. The topological polar surface area (TPSA) is 80.1 Å². The number of nitro groups is 1. The highest BCUT2D eigenvalue weighted by molar-refractivity contribution is 9.11. The van der Waals surface area contributed by atoms with Crippen LogP contribution in [0, 0.1) is 10.1 Å². The van der Waals surface area contributed by atoms with Crippen molar-refractivity contribution < 1.29 is 4.92 Å². The Hall–Kier alpha value is -1.67. The van der Waals surface area contributed by atoms with Crippen molar-refractivity contribution >= 4 is 54.9 Å². The molecule has 0 aliphatic heterocycles. The molecular formula is C13H12Br2N4O2. The molecule has 8 heteroatoms. The number of aromatic nitrogens is 1. The summed E-state index contributed by atoms with van der Waals surface area (Å²) in [6.45, 7) is 2.53. The van der Waals surface area contributed by atoms with Gasteiger partial charge in [0.05, 0.1) is 22.7 Å². The van der Waals surface area contributed by atoms with Crippen molar-refractivity contribution in [2.75, 3.05) is 17.2 Å². The molecule has 2 N–H and O–H groups in total. The number of pyridine rings is 1. The summed E-state index contributed by atoms with van der Waals surface area (Å²) in [7, 11) is 0. The summed E-state index contributed by atoms with van der Waals surface area (Å²) in [5.41, 5.74) is 0.745. The quantitative estimate of drug-likeness (QED) is 0.546. The van der Waals surface area contributed by atoms with E-state index in [1.54, 1.807) is 0 Å². The van der Waals surface area contributed by atoms with E-state index in [1.807, 2.05) is 25.1 Å². The van der Waals surface area contributed by atoms with Crippen molar-refractivity contribution in [2.24, 2.45) is 0 Å². The third-order valence-corrected chi connectivity index (χ3v) is 3.75. The Morgan fingerprint density at radius 1 is 1.24 bits per heavy atom. The van der Waals surface area contributed by atoms with Crippen molar-refractivity contribution in [1.29, 1.82) is 0 Å². The molecule has 0 radical (unpaired) electrons. The molecule has 0 saturated heterocycles. The molecule has 110 valence electrons. The molecule has 0 atom stereocenters. The summed E-state index contributed by atoms with van der Waals surface area (Å²) in [5, 5.41) is 17.0. The maximum atomic E-state index is 11.0. The molecule has 21 heavy (non-hydrogen) atoms. The predicted octanol–water partition coefficient (Wildman–Crippen LogP) is 4.69. The Morgan fingerprint density at radius 3 is 2.62 bits per heavy atom. The highest BCUT2D eigenvalue weighted by atomic mass is 79.9. The lowest BCUT2D eigenvalue weighted by Gasteiger charge is -2.10. The first-order valence-electron chi connectivity index (χ1n) is 6.12. The Labute approximate surface area is 138 Å². The minimum absolute atomic E-state index is 0.0189. The van der Waals surface area contributed by atoms with Crippen molar-refractivity contribution in [3.05, 3.63) is 49.4 Å². The second kappa shape index (κ2) is 6.86. The van der Waals surface area contributed by atoms with Crippen LogP contribution in [0.5, 0.6) is 0 Å². The Bertz CT molecular complexity index is 679. The number of rotatable bonds is 5. The number of benzene rings is 1. The molecule has 0 saturated carbocycles. The van der Waals surface area contributed by atoms with Crippen LogP contribution in [0.4, 0.5) is 23.0 Å². The van der Waals surface area contributed by atoms with Crippen LogP contribution in [0.15, 0.2) is 39.3 Å². The van der Waals surface area contributed by atoms with E-state index in [2.05, 4.69) is 47.5 Å². The summed E-state index contributed by atoms with van der Waals surface area (Å²) in [6, 6.07) is 8.42. The number of nitrogens with zero attached hydrogens (tertiary/aromatic N) is 2. The lowest BCUT2D eigenvalue weighted by atomic mass is 10.3. The molecule has 6 nitrogen and oxygen atoms in total. The fourth-order valence-electron chi connectivity index (χ4n) is 1.69. The zero-order chi connectivity index (χ0) is 15.4. The number of anilines is 3. The molecule has 2 rings (SSSR count). The van der Waals surface area contributed by atoms with Crippen LogP contribution in [0.25, 0.3) is 0 Å². The van der Waals surface area contributed by atoms with E-state index in [0.717, 1.165) is 14.6 Å². The number of nitrogens with one attached hydrogen (secondary N) is 2. The Balaban J connectivity index is 2.38. The van der Waals surface area contributed by atoms with Gasteiger partial charge in [0.2, 0.25) is 0 Å². The van der Waals surface area contributed by atoms with Crippen LogP contribution in [0.3, 0.4) is 0 Å². The maximum Gasteiger partial charge on any atom is 0.276 e. The van der Waals surface area contributed by atoms with Crippen molar-refractivity contribution in [3.8, 4) is 0 Å². The van der Waals surface area contributed by atoms with Crippen LogP contribution in [-0.4, -0.2) is 16.5 Å². The van der Waals surface area contributed by atoms with Crippen molar-refractivity contribution in [1.82, 2.24) is 4.98 Å². The standard InChI is InChI=1S/C13H12Br2N4O2/c1-2-16-12-6-9(19(20)21)7-13(18-12)17-11-5-8(14)3-4-10(11)15/h3-7H,2H2,1H3,(H2,16,17,18). The highest BCUT2D eigenvalue weighted by Crippen LogP contribution is 2.30. The molecule has 0 fully saturated rings. The van der Waals surface area contributed by atoms with Crippen LogP contribution in [-0.2, 0) is 0 Å². The van der Waals surface area contributed by atoms with Crippen LogP contribution >= 0.6 is 31.9 Å². The SMILES string of the molecule is CCNc1cc([N+](=O)[O-])cc(Nc2cc(Br)ccc2Br)n1. The van der Waals surface area contributed by atoms with Gasteiger partial charge < -0.3 is 10.6 Å². The fraction of sp³-hybridized carbons (Fsp3) is 0.154. The first-order chi connectivity index (χ1) is 9.99. The van der Waals surface area contributed by atoms with E-state index in [-0.39, 0.29) is 5.69 Å². The van der Waals surface area contributed by atoms with Gasteiger partial charge in [-0.3, -0.25) is 10.1 Å². The van der Waals surface area contributed by atoms with E-state index in [9.17, 15) is 10.1 Å². The smallest absolute Gasteiger partial charge is 0.276 e. The second-order valence-corrected chi connectivity index (χ2v) is 5.90. The van der Waals surface area contributed by atoms with Gasteiger partial charge in [-0.25, -0.2) is 4.98 Å². The van der Waals surface area contributed by atoms with E-state index in [4.69, 9.17) is 0 Å². The molecule has 0 bridgehead atoms. The molecule has 2 aromatic rings. The van der Waals surface area contributed by atoms with Gasteiger partial charge in [-0.15, -0.1) is 0 Å². The van der Waals surface area contributed by atoms with E-state index < -0.39 is 4.92 Å². The monoisotopic (exact) mass is 414 g/mol. The van der Waals surface area contributed by atoms with Crippen molar-refractivity contribution in [3.63, 3.8) is 0 Å². The van der Waals surface area contributed by atoms with Gasteiger partial charge in [-0.05, 0) is 41.1 Å². The average Bonchev–Trinajstić information content (AvgIpc) is 2.43. The zero-order valence-electron chi connectivity index (χ0n) is 11.1. The third-order valence-electron chi connectivity index (χ3n) is 2.57. The van der Waals surface area contributed by atoms with Gasteiger partial charge in [0.15, 0.2) is 0 Å². The van der Waals surface area contributed by atoms with Gasteiger partial charge >= 0.3 is 0 Å². The number of halogens is 2. The molecule has 1 aromatic heterocycles. The molecule has 1 heterocycles. The second-order valence-electron chi connectivity index (χ2n) is 4.13. The first kappa shape index (κ1) is 15.7. The largest absolute Gasteiger partial charge is 0.370 e. The normalized spacial score (nSPS) is 10.2. The molecular weight excluding hydrogens is 404 g/mol. The van der Waals surface area contributed by atoms with E-state index in [0.29, 0.717) is 18.2 Å². The van der Waals surface area contributed by atoms with Crippen molar-refractivity contribution in [2.45, 2.75) is 6.92 Å². The third kappa shape index (κ3) is 4.15. The van der Waals surface area contributed by atoms with E-state index in [1.165, 1.54) is 12.1 Å². The lowest BCUT2D eigenvalue weighted by molar-refractivity contribution is -0.384. The Morgan fingerprint density at radius 2 is 1.95 bits per heavy atom. The summed E-state index contributed by atoms with van der Waals surface area (Å²) in [4.78, 5) is 14.9. The molecule has 0 aliphatic rings. The Kier molecular flexibility index (Phi) is 5.13. The lowest BCUT2D eigenvalue weighted by Crippen LogP contribution is -2.03. The summed E-state index contributed by atoms with van der Waals surface area (Å²) in [5.74, 6) is 0.860. The van der Waals surface area contributed by atoms with Gasteiger partial charge in [-0.1, -0.05) is 15.9 Å².